The number of halogens is 1. The fraction of sp³-hybridized carbons (Fsp3) is 0.179. The van der Waals surface area contributed by atoms with Gasteiger partial charge in [0.05, 0.1) is 42.7 Å². The average Bonchev–Trinajstić information content (AvgIpc) is 3.49. The van der Waals surface area contributed by atoms with Crippen LogP contribution in [-0.2, 0) is 9.53 Å². The molecule has 0 unspecified atom stereocenters. The number of furan rings is 1. The highest BCUT2D eigenvalue weighted by atomic mass is 127. The molecule has 10 heteroatoms. The number of hydrogen-bond donors (Lipinski definition) is 0. The Morgan fingerprint density at radius 1 is 1.11 bits per heavy atom. The monoisotopic (exact) mass is 642 g/mol. The highest BCUT2D eigenvalue weighted by Gasteiger charge is 2.35. The molecule has 0 aliphatic carbocycles. The molecule has 38 heavy (non-hydrogen) atoms. The van der Waals surface area contributed by atoms with E-state index in [0.29, 0.717) is 41.6 Å². The molecule has 2 aromatic carbocycles. The lowest BCUT2D eigenvalue weighted by atomic mass is 9.93. The molecule has 0 N–H and O–H groups in total. The van der Waals surface area contributed by atoms with Crippen molar-refractivity contribution >= 4 is 51.7 Å². The molecular weight excluding hydrogens is 619 g/mol. The van der Waals surface area contributed by atoms with Gasteiger partial charge in [0.1, 0.15) is 5.76 Å². The lowest BCUT2D eigenvalue weighted by Gasteiger charge is -2.26. The van der Waals surface area contributed by atoms with Gasteiger partial charge < -0.3 is 18.6 Å². The van der Waals surface area contributed by atoms with E-state index >= 15 is 0 Å². The number of rotatable bonds is 7. The number of esters is 1. The van der Waals surface area contributed by atoms with Crippen molar-refractivity contribution in [3.63, 3.8) is 0 Å². The zero-order chi connectivity index (χ0) is 26.8. The van der Waals surface area contributed by atoms with E-state index in [-0.39, 0.29) is 17.7 Å². The van der Waals surface area contributed by atoms with Gasteiger partial charge in [-0.2, -0.15) is 0 Å². The summed E-state index contributed by atoms with van der Waals surface area (Å²) in [5.41, 5.74) is 1.79. The van der Waals surface area contributed by atoms with E-state index in [0.717, 1.165) is 5.56 Å². The minimum atomic E-state index is -0.820. The maximum Gasteiger partial charge on any atom is 0.338 e. The van der Waals surface area contributed by atoms with Crippen LogP contribution in [0.4, 0.5) is 0 Å². The second kappa shape index (κ2) is 11.0. The highest BCUT2D eigenvalue weighted by Crippen LogP contribution is 2.38. The van der Waals surface area contributed by atoms with Gasteiger partial charge in [-0.15, -0.1) is 0 Å². The largest absolute Gasteiger partial charge is 0.493 e. The molecule has 1 aliphatic heterocycles. The van der Waals surface area contributed by atoms with Gasteiger partial charge in [-0.1, -0.05) is 47.7 Å². The van der Waals surface area contributed by atoms with Gasteiger partial charge in [0.15, 0.2) is 20.1 Å². The van der Waals surface area contributed by atoms with Gasteiger partial charge in [0.2, 0.25) is 0 Å². The molecule has 1 atom stereocenters. The molecule has 8 nitrogen and oxygen atoms in total. The number of carbonyl (C=O) groups is 1. The molecule has 4 aromatic rings. The van der Waals surface area contributed by atoms with Crippen molar-refractivity contribution in [3.05, 3.63) is 107 Å². The van der Waals surface area contributed by atoms with Gasteiger partial charge >= 0.3 is 5.97 Å². The zero-order valence-electron chi connectivity index (χ0n) is 20.8. The van der Waals surface area contributed by atoms with Crippen LogP contribution in [0.2, 0.25) is 0 Å². The van der Waals surface area contributed by atoms with Crippen molar-refractivity contribution in [2.24, 2.45) is 4.99 Å². The SMILES string of the molecule is CCOC(=O)C1=C(c2ccccc2)N=c2s/c(=C\c3ccc(I)o3)c(=O)n2[C@@H]1c1ccc(OC)c(OC)c1. The Balaban J connectivity index is 1.85. The van der Waals surface area contributed by atoms with Crippen LogP contribution in [0.25, 0.3) is 11.8 Å². The number of nitrogens with zero attached hydrogens (tertiary/aromatic N) is 2. The fourth-order valence-electron chi connectivity index (χ4n) is 4.31. The van der Waals surface area contributed by atoms with Crippen molar-refractivity contribution in [2.45, 2.75) is 13.0 Å². The second-order valence-electron chi connectivity index (χ2n) is 8.19. The number of methoxy groups -OCH3 is 2. The normalized spacial score (nSPS) is 15.2. The molecule has 0 amide bonds. The number of fused-ring (bicyclic) bond motifs is 1. The summed E-state index contributed by atoms with van der Waals surface area (Å²) in [4.78, 5) is 32.7. The summed E-state index contributed by atoms with van der Waals surface area (Å²) in [6.45, 7) is 1.91. The summed E-state index contributed by atoms with van der Waals surface area (Å²) in [5.74, 6) is 1.000. The third-order valence-corrected chi connectivity index (χ3v) is 7.53. The van der Waals surface area contributed by atoms with Crippen LogP contribution in [0.5, 0.6) is 11.5 Å². The van der Waals surface area contributed by atoms with Crippen LogP contribution in [0, 0.1) is 3.77 Å². The smallest absolute Gasteiger partial charge is 0.338 e. The van der Waals surface area contributed by atoms with Crippen LogP contribution < -0.4 is 24.4 Å². The number of thiazole rings is 1. The van der Waals surface area contributed by atoms with Crippen LogP contribution >= 0.6 is 33.9 Å². The number of carbonyl (C=O) groups excluding carboxylic acids is 1. The Kier molecular flexibility index (Phi) is 7.52. The molecule has 0 saturated heterocycles. The molecule has 0 bridgehead atoms. The first-order valence-corrected chi connectivity index (χ1v) is 13.6. The van der Waals surface area contributed by atoms with Crippen LogP contribution in [0.1, 0.15) is 29.9 Å². The van der Waals surface area contributed by atoms with E-state index in [1.807, 2.05) is 42.5 Å². The zero-order valence-corrected chi connectivity index (χ0v) is 23.7. The van der Waals surface area contributed by atoms with E-state index in [9.17, 15) is 9.59 Å². The second-order valence-corrected chi connectivity index (χ2v) is 10.3. The third-order valence-electron chi connectivity index (χ3n) is 5.96. The molecule has 2 aromatic heterocycles. The Bertz CT molecular complexity index is 1720. The molecule has 0 spiro atoms. The lowest BCUT2D eigenvalue weighted by Crippen LogP contribution is -2.40. The first-order valence-electron chi connectivity index (χ1n) is 11.7. The Hall–Kier alpha value is -3.64. The average molecular weight is 642 g/mol. The van der Waals surface area contributed by atoms with Crippen molar-refractivity contribution in [1.82, 2.24) is 4.57 Å². The molecule has 5 rings (SSSR count). The Morgan fingerprint density at radius 2 is 1.87 bits per heavy atom. The summed E-state index contributed by atoms with van der Waals surface area (Å²) in [7, 11) is 3.09. The number of aromatic nitrogens is 1. The van der Waals surface area contributed by atoms with E-state index < -0.39 is 12.0 Å². The summed E-state index contributed by atoms with van der Waals surface area (Å²) in [5, 5.41) is 0. The van der Waals surface area contributed by atoms with Gasteiger partial charge in [0, 0.05) is 11.6 Å². The minimum absolute atomic E-state index is 0.171. The fourth-order valence-corrected chi connectivity index (χ4v) is 5.73. The topological polar surface area (TPSA) is 92.3 Å². The maximum absolute atomic E-state index is 13.9. The summed E-state index contributed by atoms with van der Waals surface area (Å²) < 4.78 is 24.8. The highest BCUT2D eigenvalue weighted by molar-refractivity contribution is 14.1. The van der Waals surface area contributed by atoms with Crippen molar-refractivity contribution < 1.29 is 23.4 Å². The Morgan fingerprint density at radius 3 is 2.53 bits per heavy atom. The standard InChI is InChI=1S/C28H23IN2O6S/c1-4-36-27(33)23-24(16-8-6-5-7-9-16)30-28-31(25(23)17-10-12-19(34-2)20(14-17)35-3)26(32)21(38-28)15-18-11-13-22(29)37-18/h5-15,25H,4H2,1-3H3/b21-15-/t25-/m1/s1. The third kappa shape index (κ3) is 4.81. The first kappa shape index (κ1) is 26.0. The number of ether oxygens (including phenoxy) is 3. The molecule has 0 saturated carbocycles. The van der Waals surface area contributed by atoms with Gasteiger partial charge in [-0.25, -0.2) is 9.79 Å². The van der Waals surface area contributed by atoms with E-state index in [1.165, 1.54) is 23.0 Å². The summed E-state index contributed by atoms with van der Waals surface area (Å²) >= 11 is 3.30. The minimum Gasteiger partial charge on any atom is -0.493 e. The van der Waals surface area contributed by atoms with Crippen molar-refractivity contribution in [1.29, 1.82) is 0 Å². The lowest BCUT2D eigenvalue weighted by molar-refractivity contribution is -0.138. The van der Waals surface area contributed by atoms with Gasteiger partial charge in [0.25, 0.3) is 5.56 Å². The number of benzene rings is 2. The van der Waals surface area contributed by atoms with Gasteiger partial charge in [-0.3, -0.25) is 9.36 Å². The molecule has 0 fully saturated rings. The van der Waals surface area contributed by atoms with E-state index in [4.69, 9.17) is 23.6 Å². The number of hydrogen-bond acceptors (Lipinski definition) is 8. The molecular formula is C28H23IN2O6S. The first-order chi connectivity index (χ1) is 18.4. The molecule has 1 aliphatic rings. The van der Waals surface area contributed by atoms with Gasteiger partial charge in [-0.05, 0) is 59.3 Å². The van der Waals surface area contributed by atoms with Crippen LogP contribution in [0.3, 0.4) is 0 Å². The predicted molar refractivity (Wildman–Crippen MR) is 152 cm³/mol. The van der Waals surface area contributed by atoms with Crippen LogP contribution in [-0.4, -0.2) is 31.4 Å². The van der Waals surface area contributed by atoms with E-state index in [1.54, 1.807) is 38.3 Å². The van der Waals surface area contributed by atoms with Crippen molar-refractivity contribution in [2.75, 3.05) is 20.8 Å². The Labute approximate surface area is 235 Å². The maximum atomic E-state index is 13.9. The predicted octanol–water partition coefficient (Wildman–Crippen LogP) is 4.15. The van der Waals surface area contributed by atoms with E-state index in [2.05, 4.69) is 22.6 Å². The van der Waals surface area contributed by atoms with Crippen molar-refractivity contribution in [3.8, 4) is 11.5 Å². The summed E-state index contributed by atoms with van der Waals surface area (Å²) in [6, 6.07) is 17.5. The van der Waals surface area contributed by atoms with Crippen LogP contribution in [0.15, 0.2) is 80.4 Å². The molecule has 194 valence electrons. The molecule has 3 heterocycles. The quantitative estimate of drug-likeness (QED) is 0.222. The molecule has 0 radical (unpaired) electrons. The summed E-state index contributed by atoms with van der Waals surface area (Å²) in [6.07, 6.45) is 1.69.